The lowest BCUT2D eigenvalue weighted by Crippen LogP contribution is -2.51. The van der Waals surface area contributed by atoms with E-state index < -0.39 is 0 Å². The number of aliphatic hydroxyl groups is 1. The first-order chi connectivity index (χ1) is 7.70. The van der Waals surface area contributed by atoms with E-state index >= 15 is 0 Å². The minimum atomic E-state index is -0.357. The zero-order valence-corrected chi connectivity index (χ0v) is 10.2. The summed E-state index contributed by atoms with van der Waals surface area (Å²) in [7, 11) is 0. The standard InChI is InChI=1S/C12H24N2O2/c1-2-5-11(13)12(16)14(8-4-9-15)10-6-3-7-10/h10-11,15H,2-9,13H2,1H3/t11-/m1/s1. The van der Waals surface area contributed by atoms with Crippen molar-refractivity contribution in [3.8, 4) is 0 Å². The van der Waals surface area contributed by atoms with Crippen LogP contribution in [-0.4, -0.2) is 41.1 Å². The summed E-state index contributed by atoms with van der Waals surface area (Å²) < 4.78 is 0. The van der Waals surface area contributed by atoms with Crippen molar-refractivity contribution < 1.29 is 9.90 Å². The smallest absolute Gasteiger partial charge is 0.239 e. The van der Waals surface area contributed by atoms with Crippen molar-refractivity contribution in [2.75, 3.05) is 13.2 Å². The highest BCUT2D eigenvalue weighted by Gasteiger charge is 2.30. The topological polar surface area (TPSA) is 66.6 Å². The number of hydrogen-bond donors (Lipinski definition) is 2. The lowest BCUT2D eigenvalue weighted by atomic mass is 9.90. The van der Waals surface area contributed by atoms with Crippen LogP contribution in [0.5, 0.6) is 0 Å². The summed E-state index contributed by atoms with van der Waals surface area (Å²) in [6, 6.07) is 0.0197. The Balaban J connectivity index is 2.49. The van der Waals surface area contributed by atoms with Gasteiger partial charge in [0.2, 0.25) is 5.91 Å². The first kappa shape index (κ1) is 13.5. The fourth-order valence-corrected chi connectivity index (χ4v) is 2.06. The molecule has 16 heavy (non-hydrogen) atoms. The van der Waals surface area contributed by atoms with Crippen molar-refractivity contribution in [2.45, 2.75) is 57.5 Å². The Kier molecular flexibility index (Phi) is 5.77. The molecule has 0 bridgehead atoms. The van der Waals surface area contributed by atoms with Gasteiger partial charge in [-0.15, -0.1) is 0 Å². The third-order valence-corrected chi connectivity index (χ3v) is 3.27. The van der Waals surface area contributed by atoms with Gasteiger partial charge in [-0.1, -0.05) is 13.3 Å². The van der Waals surface area contributed by atoms with Crippen LogP contribution in [0, 0.1) is 0 Å². The summed E-state index contributed by atoms with van der Waals surface area (Å²) in [6.45, 7) is 2.82. The van der Waals surface area contributed by atoms with E-state index in [4.69, 9.17) is 10.8 Å². The SMILES string of the molecule is CCC[C@@H](N)C(=O)N(CCCO)C1CCC1. The van der Waals surface area contributed by atoms with Crippen LogP contribution in [0.1, 0.15) is 45.4 Å². The number of nitrogens with two attached hydrogens (primary N) is 1. The molecular weight excluding hydrogens is 204 g/mol. The molecule has 0 aliphatic heterocycles. The summed E-state index contributed by atoms with van der Waals surface area (Å²) in [5, 5.41) is 8.84. The molecule has 4 nitrogen and oxygen atoms in total. The molecule has 1 rings (SSSR count). The molecule has 0 aromatic heterocycles. The average molecular weight is 228 g/mol. The number of rotatable bonds is 7. The van der Waals surface area contributed by atoms with Gasteiger partial charge in [-0.05, 0) is 32.1 Å². The first-order valence-corrected chi connectivity index (χ1v) is 6.37. The molecule has 1 atom stereocenters. The van der Waals surface area contributed by atoms with E-state index in [1.807, 2.05) is 11.8 Å². The molecule has 1 aliphatic rings. The van der Waals surface area contributed by atoms with Crippen LogP contribution < -0.4 is 5.73 Å². The summed E-state index contributed by atoms with van der Waals surface area (Å²) in [6.07, 6.45) is 5.73. The minimum Gasteiger partial charge on any atom is -0.396 e. The highest BCUT2D eigenvalue weighted by Crippen LogP contribution is 2.25. The van der Waals surface area contributed by atoms with Gasteiger partial charge >= 0.3 is 0 Å². The van der Waals surface area contributed by atoms with Crippen molar-refractivity contribution in [3.05, 3.63) is 0 Å². The number of carbonyl (C=O) groups excluding carboxylic acids is 1. The Morgan fingerprint density at radius 1 is 1.56 bits per heavy atom. The van der Waals surface area contributed by atoms with E-state index in [2.05, 4.69) is 0 Å². The molecule has 1 saturated carbocycles. The van der Waals surface area contributed by atoms with E-state index in [9.17, 15) is 4.79 Å². The molecule has 0 aromatic rings. The monoisotopic (exact) mass is 228 g/mol. The molecule has 1 fully saturated rings. The van der Waals surface area contributed by atoms with Crippen molar-refractivity contribution in [1.82, 2.24) is 4.90 Å². The van der Waals surface area contributed by atoms with Crippen LogP contribution in [0.3, 0.4) is 0 Å². The zero-order valence-electron chi connectivity index (χ0n) is 10.2. The molecule has 94 valence electrons. The van der Waals surface area contributed by atoms with Gasteiger partial charge in [-0.3, -0.25) is 4.79 Å². The van der Waals surface area contributed by atoms with E-state index in [0.717, 1.165) is 25.7 Å². The van der Waals surface area contributed by atoms with Gasteiger partial charge in [-0.2, -0.15) is 0 Å². The van der Waals surface area contributed by atoms with Gasteiger partial charge in [-0.25, -0.2) is 0 Å². The van der Waals surface area contributed by atoms with E-state index in [0.29, 0.717) is 19.0 Å². The Hall–Kier alpha value is -0.610. The van der Waals surface area contributed by atoms with Crippen molar-refractivity contribution in [2.24, 2.45) is 5.73 Å². The number of hydrogen-bond acceptors (Lipinski definition) is 3. The maximum absolute atomic E-state index is 12.1. The number of nitrogens with zero attached hydrogens (tertiary/aromatic N) is 1. The Morgan fingerprint density at radius 3 is 2.69 bits per heavy atom. The van der Waals surface area contributed by atoms with Crippen LogP contribution in [0.15, 0.2) is 0 Å². The molecule has 0 unspecified atom stereocenters. The van der Waals surface area contributed by atoms with Crippen molar-refractivity contribution in [1.29, 1.82) is 0 Å². The van der Waals surface area contributed by atoms with E-state index in [1.54, 1.807) is 0 Å². The summed E-state index contributed by atoms with van der Waals surface area (Å²) in [5.74, 6) is 0.0694. The zero-order chi connectivity index (χ0) is 12.0. The summed E-state index contributed by atoms with van der Waals surface area (Å²) >= 11 is 0. The first-order valence-electron chi connectivity index (χ1n) is 6.37. The fraction of sp³-hybridized carbons (Fsp3) is 0.917. The third-order valence-electron chi connectivity index (χ3n) is 3.27. The molecule has 0 heterocycles. The lowest BCUT2D eigenvalue weighted by Gasteiger charge is -2.39. The van der Waals surface area contributed by atoms with Crippen LogP contribution in [-0.2, 0) is 4.79 Å². The normalized spacial score (nSPS) is 17.9. The van der Waals surface area contributed by atoms with Gasteiger partial charge < -0.3 is 15.7 Å². The molecule has 0 spiro atoms. The van der Waals surface area contributed by atoms with E-state index in [-0.39, 0.29) is 18.6 Å². The second-order valence-electron chi connectivity index (χ2n) is 4.59. The van der Waals surface area contributed by atoms with Crippen LogP contribution >= 0.6 is 0 Å². The maximum Gasteiger partial charge on any atom is 0.239 e. The number of amides is 1. The summed E-state index contributed by atoms with van der Waals surface area (Å²) in [4.78, 5) is 14.0. The van der Waals surface area contributed by atoms with Gasteiger partial charge in [0, 0.05) is 19.2 Å². The highest BCUT2D eigenvalue weighted by atomic mass is 16.3. The van der Waals surface area contributed by atoms with E-state index in [1.165, 1.54) is 6.42 Å². The van der Waals surface area contributed by atoms with Gasteiger partial charge in [0.25, 0.3) is 0 Å². The van der Waals surface area contributed by atoms with Crippen LogP contribution in [0.2, 0.25) is 0 Å². The second kappa shape index (κ2) is 6.86. The summed E-state index contributed by atoms with van der Waals surface area (Å²) in [5.41, 5.74) is 5.86. The van der Waals surface area contributed by atoms with Gasteiger partial charge in [0.05, 0.1) is 6.04 Å². The average Bonchev–Trinajstić information content (AvgIpc) is 2.20. The second-order valence-corrected chi connectivity index (χ2v) is 4.59. The maximum atomic E-state index is 12.1. The molecule has 4 heteroatoms. The van der Waals surface area contributed by atoms with Crippen LogP contribution in [0.4, 0.5) is 0 Å². The van der Waals surface area contributed by atoms with Crippen molar-refractivity contribution >= 4 is 5.91 Å². The molecule has 1 amide bonds. The largest absolute Gasteiger partial charge is 0.396 e. The predicted molar refractivity (Wildman–Crippen MR) is 63.9 cm³/mol. The molecule has 0 saturated heterocycles. The number of aliphatic hydroxyl groups excluding tert-OH is 1. The molecule has 0 aromatic carbocycles. The van der Waals surface area contributed by atoms with Crippen LogP contribution in [0.25, 0.3) is 0 Å². The van der Waals surface area contributed by atoms with Gasteiger partial charge in [0.1, 0.15) is 0 Å². The van der Waals surface area contributed by atoms with Crippen molar-refractivity contribution in [3.63, 3.8) is 0 Å². The molecule has 1 aliphatic carbocycles. The number of carbonyl (C=O) groups is 1. The molecule has 3 N–H and O–H groups in total. The Morgan fingerprint density at radius 2 is 2.25 bits per heavy atom. The Labute approximate surface area is 97.8 Å². The minimum absolute atomic E-state index is 0.0694. The third kappa shape index (κ3) is 3.46. The molecule has 0 radical (unpaired) electrons. The molecular formula is C12H24N2O2. The van der Waals surface area contributed by atoms with Gasteiger partial charge in [0.15, 0.2) is 0 Å². The quantitative estimate of drug-likeness (QED) is 0.679. The Bertz CT molecular complexity index is 217. The fourth-order valence-electron chi connectivity index (χ4n) is 2.06. The highest BCUT2D eigenvalue weighted by molar-refractivity contribution is 5.82. The lowest BCUT2D eigenvalue weighted by molar-refractivity contribution is -0.137. The predicted octanol–water partition coefficient (Wildman–Crippen LogP) is 0.877.